The summed E-state index contributed by atoms with van der Waals surface area (Å²) in [5.74, 6) is -0.183. The summed E-state index contributed by atoms with van der Waals surface area (Å²) in [6.45, 7) is 3.20. The highest BCUT2D eigenvalue weighted by Crippen LogP contribution is 2.18. The number of nitrogen functional groups attached to an aromatic ring is 1. The quantitative estimate of drug-likeness (QED) is 0.749. The van der Waals surface area contributed by atoms with Gasteiger partial charge in [0.2, 0.25) is 0 Å². The van der Waals surface area contributed by atoms with Gasteiger partial charge in [0.05, 0.1) is 19.8 Å². The van der Waals surface area contributed by atoms with E-state index in [9.17, 15) is 4.79 Å². The number of amides is 1. The molecule has 1 heterocycles. The molecule has 5 nitrogen and oxygen atoms in total. The fourth-order valence-corrected chi connectivity index (χ4v) is 1.68. The minimum atomic E-state index is -0.527. The summed E-state index contributed by atoms with van der Waals surface area (Å²) in [4.78, 5) is 11.9. The van der Waals surface area contributed by atoms with E-state index in [1.807, 2.05) is 13.0 Å². The zero-order chi connectivity index (χ0) is 12.3. The number of hydrogen-bond acceptors (Lipinski definition) is 4. The van der Waals surface area contributed by atoms with Crippen molar-refractivity contribution in [2.75, 3.05) is 30.9 Å². The normalized spacial score (nSPS) is 19.9. The summed E-state index contributed by atoms with van der Waals surface area (Å²) in [6.07, 6.45) is -0.527. The molecule has 1 unspecified atom stereocenters. The maximum absolute atomic E-state index is 11.9. The van der Waals surface area contributed by atoms with Gasteiger partial charge in [-0.3, -0.25) is 4.79 Å². The average molecular weight is 236 g/mol. The van der Waals surface area contributed by atoms with Crippen LogP contribution in [0.25, 0.3) is 0 Å². The predicted octanol–water partition coefficient (Wildman–Crippen LogP) is 0.931. The maximum atomic E-state index is 11.9. The summed E-state index contributed by atoms with van der Waals surface area (Å²) in [5.41, 5.74) is 8.00. The molecule has 1 atom stereocenters. The smallest absolute Gasteiger partial charge is 0.255 e. The van der Waals surface area contributed by atoms with E-state index in [0.29, 0.717) is 25.5 Å². The van der Waals surface area contributed by atoms with Gasteiger partial charge in [-0.2, -0.15) is 0 Å². The van der Waals surface area contributed by atoms with E-state index >= 15 is 0 Å². The fraction of sp³-hybridized carbons (Fsp3) is 0.417. The lowest BCUT2D eigenvalue weighted by Crippen LogP contribution is -2.39. The van der Waals surface area contributed by atoms with Crippen LogP contribution in [0.5, 0.6) is 0 Å². The maximum Gasteiger partial charge on any atom is 0.255 e. The van der Waals surface area contributed by atoms with E-state index in [1.54, 1.807) is 12.1 Å². The van der Waals surface area contributed by atoms with Crippen molar-refractivity contribution in [3.63, 3.8) is 0 Å². The highest BCUT2D eigenvalue weighted by molar-refractivity contribution is 5.95. The third-order valence-electron chi connectivity index (χ3n) is 2.62. The van der Waals surface area contributed by atoms with Crippen LogP contribution < -0.4 is 11.1 Å². The molecule has 1 aromatic carbocycles. The van der Waals surface area contributed by atoms with E-state index in [-0.39, 0.29) is 5.91 Å². The van der Waals surface area contributed by atoms with Crippen molar-refractivity contribution < 1.29 is 14.3 Å². The van der Waals surface area contributed by atoms with Gasteiger partial charge >= 0.3 is 0 Å². The number of benzene rings is 1. The van der Waals surface area contributed by atoms with E-state index in [1.165, 1.54) is 0 Å². The molecule has 0 spiro atoms. The Balaban J connectivity index is 2.02. The highest BCUT2D eigenvalue weighted by Gasteiger charge is 2.22. The predicted molar refractivity (Wildman–Crippen MR) is 64.8 cm³/mol. The van der Waals surface area contributed by atoms with E-state index in [4.69, 9.17) is 15.2 Å². The molecule has 0 aliphatic carbocycles. The summed E-state index contributed by atoms with van der Waals surface area (Å²) in [6, 6.07) is 5.35. The molecule has 1 amide bonds. The lowest BCUT2D eigenvalue weighted by molar-refractivity contribution is -0.142. The molecule has 1 aliphatic heterocycles. The van der Waals surface area contributed by atoms with Gasteiger partial charge in [0.15, 0.2) is 6.10 Å². The topological polar surface area (TPSA) is 73.6 Å². The molecular weight excluding hydrogens is 220 g/mol. The zero-order valence-corrected chi connectivity index (χ0v) is 9.73. The number of hydrogen-bond donors (Lipinski definition) is 2. The van der Waals surface area contributed by atoms with E-state index in [2.05, 4.69) is 5.32 Å². The largest absolute Gasteiger partial charge is 0.399 e. The second kappa shape index (κ2) is 5.16. The number of aryl methyl sites for hydroxylation is 1. The monoisotopic (exact) mass is 236 g/mol. The van der Waals surface area contributed by atoms with Crippen LogP contribution in [0, 0.1) is 6.92 Å². The van der Waals surface area contributed by atoms with Gasteiger partial charge in [0.25, 0.3) is 5.91 Å². The molecule has 2 rings (SSSR count). The minimum absolute atomic E-state index is 0.183. The first-order valence-corrected chi connectivity index (χ1v) is 5.53. The standard InChI is InChI=1S/C12H16N2O3/c1-8-6-9(13)2-3-10(8)14-12(15)11-7-16-4-5-17-11/h2-3,6,11H,4-5,7,13H2,1H3,(H,14,15). The molecule has 3 N–H and O–H groups in total. The molecular formula is C12H16N2O3. The van der Waals surface area contributed by atoms with Crippen molar-refractivity contribution in [1.29, 1.82) is 0 Å². The molecule has 1 aromatic rings. The van der Waals surface area contributed by atoms with Gasteiger partial charge in [-0.05, 0) is 30.7 Å². The lowest BCUT2D eigenvalue weighted by atomic mass is 10.1. The number of carbonyl (C=O) groups excluding carboxylic acids is 1. The Morgan fingerprint density at radius 3 is 2.94 bits per heavy atom. The molecule has 0 bridgehead atoms. The zero-order valence-electron chi connectivity index (χ0n) is 9.73. The average Bonchev–Trinajstić information content (AvgIpc) is 2.34. The van der Waals surface area contributed by atoms with Crippen molar-refractivity contribution in [3.8, 4) is 0 Å². The SMILES string of the molecule is Cc1cc(N)ccc1NC(=O)C1COCCO1. The van der Waals surface area contributed by atoms with Crippen LogP contribution in [-0.2, 0) is 14.3 Å². The molecule has 1 fully saturated rings. The first-order chi connectivity index (χ1) is 8.16. The molecule has 0 saturated carbocycles. The van der Waals surface area contributed by atoms with Gasteiger partial charge in [-0.15, -0.1) is 0 Å². The van der Waals surface area contributed by atoms with Crippen molar-refractivity contribution >= 4 is 17.3 Å². The van der Waals surface area contributed by atoms with Crippen molar-refractivity contribution in [2.45, 2.75) is 13.0 Å². The summed E-state index contributed by atoms with van der Waals surface area (Å²) >= 11 is 0. The Hall–Kier alpha value is -1.59. The number of nitrogens with one attached hydrogen (secondary N) is 1. The Morgan fingerprint density at radius 2 is 2.29 bits per heavy atom. The first-order valence-electron chi connectivity index (χ1n) is 5.53. The van der Waals surface area contributed by atoms with Crippen molar-refractivity contribution in [1.82, 2.24) is 0 Å². The number of carbonyl (C=O) groups is 1. The van der Waals surface area contributed by atoms with Gasteiger partial charge in [-0.1, -0.05) is 0 Å². The lowest BCUT2D eigenvalue weighted by Gasteiger charge is -2.22. The van der Waals surface area contributed by atoms with Crippen molar-refractivity contribution in [2.24, 2.45) is 0 Å². The van der Waals surface area contributed by atoms with Crippen LogP contribution in [0.4, 0.5) is 11.4 Å². The molecule has 17 heavy (non-hydrogen) atoms. The summed E-state index contributed by atoms with van der Waals surface area (Å²) in [7, 11) is 0. The number of anilines is 2. The number of nitrogens with two attached hydrogens (primary N) is 1. The third-order valence-corrected chi connectivity index (χ3v) is 2.62. The minimum Gasteiger partial charge on any atom is -0.399 e. The third kappa shape index (κ3) is 2.95. The van der Waals surface area contributed by atoms with Crippen LogP contribution in [0.15, 0.2) is 18.2 Å². The van der Waals surface area contributed by atoms with Crippen LogP contribution in [0.1, 0.15) is 5.56 Å². The number of rotatable bonds is 2. The van der Waals surface area contributed by atoms with Crippen molar-refractivity contribution in [3.05, 3.63) is 23.8 Å². The Kier molecular flexibility index (Phi) is 3.61. The molecule has 1 aliphatic rings. The van der Waals surface area contributed by atoms with E-state index in [0.717, 1.165) is 11.3 Å². The molecule has 5 heteroatoms. The Bertz CT molecular complexity index is 414. The van der Waals surface area contributed by atoms with Gasteiger partial charge < -0.3 is 20.5 Å². The van der Waals surface area contributed by atoms with Gasteiger partial charge in [-0.25, -0.2) is 0 Å². The van der Waals surface area contributed by atoms with Gasteiger partial charge in [0.1, 0.15) is 0 Å². The first kappa shape index (κ1) is 11.9. The molecule has 1 saturated heterocycles. The fourth-order valence-electron chi connectivity index (χ4n) is 1.68. The second-order valence-corrected chi connectivity index (χ2v) is 4.00. The van der Waals surface area contributed by atoms with Gasteiger partial charge in [0, 0.05) is 11.4 Å². The molecule has 92 valence electrons. The summed E-state index contributed by atoms with van der Waals surface area (Å²) < 4.78 is 10.5. The molecule has 0 aromatic heterocycles. The van der Waals surface area contributed by atoms with Crippen LogP contribution in [0.2, 0.25) is 0 Å². The van der Waals surface area contributed by atoms with E-state index < -0.39 is 6.10 Å². The number of ether oxygens (including phenoxy) is 2. The van der Waals surface area contributed by atoms with Crippen LogP contribution >= 0.6 is 0 Å². The summed E-state index contributed by atoms with van der Waals surface area (Å²) in [5, 5.41) is 2.81. The van der Waals surface area contributed by atoms with Crippen LogP contribution in [-0.4, -0.2) is 31.8 Å². The molecule has 0 radical (unpaired) electrons. The Morgan fingerprint density at radius 1 is 1.47 bits per heavy atom. The van der Waals surface area contributed by atoms with Crippen LogP contribution in [0.3, 0.4) is 0 Å². The highest BCUT2D eigenvalue weighted by atomic mass is 16.6. The second-order valence-electron chi connectivity index (χ2n) is 4.00. The Labute approximate surface area is 99.9 Å².